The van der Waals surface area contributed by atoms with Crippen molar-refractivity contribution in [3.8, 4) is 45.8 Å². The Bertz CT molecular complexity index is 1500. The third-order valence-corrected chi connectivity index (χ3v) is 7.73. The van der Waals surface area contributed by atoms with E-state index in [0.717, 1.165) is 6.07 Å². The van der Waals surface area contributed by atoms with E-state index < -0.39 is 74.6 Å². The highest BCUT2D eigenvalue weighted by Gasteiger charge is 2.47. The van der Waals surface area contributed by atoms with Crippen molar-refractivity contribution in [3.63, 3.8) is 0 Å². The Morgan fingerprint density at radius 3 is 1.61 bits per heavy atom. The summed E-state index contributed by atoms with van der Waals surface area (Å²) in [7, 11) is 2.59. The van der Waals surface area contributed by atoms with Crippen LogP contribution in [0, 0.1) is 0 Å². The Hall–Kier alpha value is -3.75. The number of phenolic OH excluding ortho intramolecular Hbond substituents is 2. The number of methoxy groups -OCH3 is 2. The molecule has 3 aromatic rings. The molecule has 0 saturated carbocycles. The highest BCUT2D eigenvalue weighted by Crippen LogP contribution is 2.46. The van der Waals surface area contributed by atoms with Gasteiger partial charge >= 0.3 is 11.3 Å². The molecule has 5 rings (SSSR count). The second kappa shape index (κ2) is 13.5. The molecular formula is C29H35O17+. The van der Waals surface area contributed by atoms with Crippen LogP contribution in [0.3, 0.4) is 0 Å². The second-order valence-electron chi connectivity index (χ2n) is 10.7. The summed E-state index contributed by atoms with van der Waals surface area (Å²) in [6.07, 6.45) is -16.5. The molecule has 0 spiro atoms. The first kappa shape index (κ1) is 33.6. The van der Waals surface area contributed by atoms with Crippen molar-refractivity contribution in [1.29, 1.82) is 0 Å². The van der Waals surface area contributed by atoms with Crippen molar-refractivity contribution in [1.82, 2.24) is 0 Å². The predicted octanol–water partition coefficient (Wildman–Crippen LogP) is -1.83. The minimum Gasteiger partial charge on any atom is -0.507 e. The van der Waals surface area contributed by atoms with Crippen LogP contribution in [0.2, 0.25) is 0 Å². The molecule has 2 fully saturated rings. The number of benzene rings is 2. The van der Waals surface area contributed by atoms with Gasteiger partial charge in [0.1, 0.15) is 65.7 Å². The number of hydrogen-bond acceptors (Lipinski definition) is 16. The van der Waals surface area contributed by atoms with E-state index in [2.05, 4.69) is 0 Å². The number of rotatable bonds is 9. The Balaban J connectivity index is 1.65. The van der Waals surface area contributed by atoms with E-state index in [0.29, 0.717) is 0 Å². The van der Waals surface area contributed by atoms with Crippen LogP contribution in [0.5, 0.6) is 34.5 Å². The lowest BCUT2D eigenvalue weighted by Crippen LogP contribution is -2.60. The molecule has 0 aliphatic carbocycles. The van der Waals surface area contributed by atoms with Crippen LogP contribution in [0.25, 0.3) is 22.3 Å². The van der Waals surface area contributed by atoms with Gasteiger partial charge in [-0.25, -0.2) is 4.42 Å². The van der Waals surface area contributed by atoms with Gasteiger partial charge in [0, 0.05) is 24.3 Å². The molecule has 10 atom stereocenters. The molecule has 1 aromatic heterocycles. The van der Waals surface area contributed by atoms with Crippen LogP contribution >= 0.6 is 0 Å². The molecule has 17 heteroatoms. The Kier molecular flexibility index (Phi) is 9.89. The Morgan fingerprint density at radius 1 is 0.630 bits per heavy atom. The topological polar surface area (TPSA) is 269 Å². The molecule has 0 bridgehead atoms. The number of ether oxygens (including phenoxy) is 6. The minimum atomic E-state index is -1.82. The SMILES string of the molecule is COc1cc(-c2[o+]c3cc(O)cc(OC4O[C@@H](CO)[C@H](O)[C@@H](O)[C@@H]4O)c3cc2O[C@H]2O[C@@H](CO)[C@H](O)[C@@H](O)[C@@H]2O)cc(OC)c1O. The van der Waals surface area contributed by atoms with Gasteiger partial charge in [0.2, 0.25) is 24.1 Å². The van der Waals surface area contributed by atoms with E-state index in [9.17, 15) is 51.1 Å². The monoisotopic (exact) mass is 655 g/mol. The van der Waals surface area contributed by atoms with E-state index >= 15 is 0 Å². The number of aliphatic hydroxyl groups is 8. The Labute approximate surface area is 260 Å². The van der Waals surface area contributed by atoms with Gasteiger partial charge in [-0.15, -0.1) is 0 Å². The van der Waals surface area contributed by atoms with Crippen LogP contribution in [-0.4, -0.2) is 140 Å². The summed E-state index contributed by atoms with van der Waals surface area (Å²) in [5.74, 6) is -1.32. The maximum Gasteiger partial charge on any atom is 0.402 e. The lowest BCUT2D eigenvalue weighted by molar-refractivity contribution is -0.277. The number of aromatic hydroxyl groups is 2. The standard InChI is InChI=1S/C29H34O17/c1-40-15-3-10(4-16(41-2)20(15)33)27-17(44-29-26(39)24(37)22(35)19(9-31)46-29)7-12-13(42-27)5-11(32)6-14(12)43-28-25(38)23(36)21(34)18(8-30)45-28/h3-7,18-19,21-26,28-31,34-39H,8-9H2,1-2H3,(H-,32,33)/p+1/t18-,19-,21-,22-,23+,24+,25-,26-,28?,29-/m0/s1. The summed E-state index contributed by atoms with van der Waals surface area (Å²) in [5.41, 5.74) is 0.120. The third kappa shape index (κ3) is 6.17. The van der Waals surface area contributed by atoms with Crippen LogP contribution < -0.4 is 18.9 Å². The molecule has 0 amide bonds. The van der Waals surface area contributed by atoms with Gasteiger partial charge in [-0.1, -0.05) is 0 Å². The fraction of sp³-hybridized carbons (Fsp3) is 0.483. The Morgan fingerprint density at radius 2 is 1.13 bits per heavy atom. The third-order valence-electron chi connectivity index (χ3n) is 7.73. The van der Waals surface area contributed by atoms with Crippen LogP contribution in [0.1, 0.15) is 0 Å². The molecule has 10 N–H and O–H groups in total. The van der Waals surface area contributed by atoms with Crippen molar-refractivity contribution in [2.75, 3.05) is 27.4 Å². The number of hydrogen-bond donors (Lipinski definition) is 10. The summed E-state index contributed by atoms with van der Waals surface area (Å²) >= 11 is 0. The van der Waals surface area contributed by atoms with Gasteiger partial charge in [-0.2, -0.15) is 0 Å². The largest absolute Gasteiger partial charge is 0.507 e. The average molecular weight is 656 g/mol. The highest BCUT2D eigenvalue weighted by molar-refractivity contribution is 5.89. The van der Waals surface area contributed by atoms with Crippen molar-refractivity contribution < 1.29 is 83.9 Å². The van der Waals surface area contributed by atoms with E-state index in [-0.39, 0.29) is 56.8 Å². The van der Waals surface area contributed by atoms with Gasteiger partial charge in [-0.3, -0.25) is 0 Å². The van der Waals surface area contributed by atoms with Crippen LogP contribution in [0.4, 0.5) is 0 Å². The highest BCUT2D eigenvalue weighted by atomic mass is 16.7. The summed E-state index contributed by atoms with van der Waals surface area (Å²) in [6.45, 7) is -1.45. The fourth-order valence-corrected chi connectivity index (χ4v) is 5.16. The van der Waals surface area contributed by atoms with Gasteiger partial charge in [0.05, 0.1) is 39.1 Å². The normalized spacial score (nSPS) is 31.4. The number of aliphatic hydroxyl groups excluding tert-OH is 8. The molecule has 1 unspecified atom stereocenters. The van der Waals surface area contributed by atoms with E-state index in [1.54, 1.807) is 0 Å². The molecule has 46 heavy (non-hydrogen) atoms. The van der Waals surface area contributed by atoms with Gasteiger partial charge in [0.15, 0.2) is 11.5 Å². The molecule has 3 heterocycles. The lowest BCUT2D eigenvalue weighted by atomic mass is 9.99. The van der Waals surface area contributed by atoms with Crippen LogP contribution in [0.15, 0.2) is 34.7 Å². The second-order valence-corrected chi connectivity index (χ2v) is 10.7. The molecule has 2 aliphatic heterocycles. The average Bonchev–Trinajstić information content (AvgIpc) is 3.05. The maximum absolute atomic E-state index is 10.7. The molecular weight excluding hydrogens is 620 g/mol. The van der Waals surface area contributed by atoms with Crippen molar-refractivity contribution in [3.05, 3.63) is 30.3 Å². The predicted molar refractivity (Wildman–Crippen MR) is 151 cm³/mol. The zero-order chi connectivity index (χ0) is 33.4. The molecule has 2 aliphatic rings. The summed E-state index contributed by atoms with van der Waals surface area (Å²) in [4.78, 5) is 0. The molecule has 17 nitrogen and oxygen atoms in total. The van der Waals surface area contributed by atoms with E-state index in [1.807, 2.05) is 0 Å². The van der Waals surface area contributed by atoms with Gasteiger partial charge in [0.25, 0.3) is 0 Å². The van der Waals surface area contributed by atoms with E-state index in [1.165, 1.54) is 38.5 Å². The maximum atomic E-state index is 10.7. The zero-order valence-corrected chi connectivity index (χ0v) is 24.4. The first-order valence-electron chi connectivity index (χ1n) is 14.0. The summed E-state index contributed by atoms with van der Waals surface area (Å²) in [5, 5.41) is 102. The molecule has 2 saturated heterocycles. The van der Waals surface area contributed by atoms with Crippen molar-refractivity contribution in [2.24, 2.45) is 0 Å². The first-order valence-corrected chi connectivity index (χ1v) is 14.0. The quantitative estimate of drug-likeness (QED) is 0.114. The van der Waals surface area contributed by atoms with Crippen LogP contribution in [-0.2, 0) is 9.47 Å². The minimum absolute atomic E-state index is 0.0361. The summed E-state index contributed by atoms with van der Waals surface area (Å²) in [6, 6.07) is 6.34. The fourth-order valence-electron chi connectivity index (χ4n) is 5.16. The molecule has 0 radical (unpaired) electrons. The lowest BCUT2D eigenvalue weighted by Gasteiger charge is -2.39. The molecule has 252 valence electrons. The van der Waals surface area contributed by atoms with Gasteiger partial charge in [-0.05, 0) is 0 Å². The number of fused-ring (bicyclic) bond motifs is 1. The van der Waals surface area contributed by atoms with Gasteiger partial charge < -0.3 is 79.5 Å². The molecule has 2 aromatic carbocycles. The van der Waals surface area contributed by atoms with E-state index in [4.69, 9.17) is 32.8 Å². The number of phenols is 2. The zero-order valence-electron chi connectivity index (χ0n) is 24.4. The van der Waals surface area contributed by atoms with Crippen molar-refractivity contribution in [2.45, 2.75) is 61.4 Å². The summed E-state index contributed by atoms with van der Waals surface area (Å²) < 4.78 is 39.3. The smallest absolute Gasteiger partial charge is 0.402 e. The first-order chi connectivity index (χ1) is 21.9. The van der Waals surface area contributed by atoms with Crippen molar-refractivity contribution >= 4 is 11.0 Å².